The molecule has 3 heteroatoms. The highest BCUT2D eigenvalue weighted by Crippen LogP contribution is 2.28. The maximum Gasteiger partial charge on any atom is 0.0534 e. The lowest BCUT2D eigenvalue weighted by Crippen LogP contribution is -1.82. The number of benzene rings is 2. The number of nitrogens with zero attached hydrogens (tertiary/aromatic N) is 1. The number of halogens is 2. The Balaban J connectivity index is 0.000000722. The molecule has 0 unspecified atom stereocenters. The summed E-state index contributed by atoms with van der Waals surface area (Å²) in [5.74, 6) is 0. The lowest BCUT2D eigenvalue weighted by molar-refractivity contribution is 1.30. The van der Waals surface area contributed by atoms with Gasteiger partial charge in [0.1, 0.15) is 0 Å². The van der Waals surface area contributed by atoms with Gasteiger partial charge in [-0.1, -0.05) is 43.0 Å². The van der Waals surface area contributed by atoms with Crippen molar-refractivity contribution in [3.05, 3.63) is 55.1 Å². The molecule has 0 amide bonds. The summed E-state index contributed by atoms with van der Waals surface area (Å²) in [7, 11) is 0. The maximum atomic E-state index is 3.87. The lowest BCUT2D eigenvalue weighted by Gasteiger charge is -1.97. The minimum absolute atomic E-state index is 0. The van der Waals surface area contributed by atoms with Gasteiger partial charge < -0.3 is 4.57 Å². The molecule has 0 atom stereocenters. The van der Waals surface area contributed by atoms with Crippen molar-refractivity contribution < 1.29 is 0 Å². The topological polar surface area (TPSA) is 4.93 Å². The summed E-state index contributed by atoms with van der Waals surface area (Å²) in [6, 6.07) is 16.8. The average Bonchev–Trinajstić information content (AvgIpc) is 2.63. The van der Waals surface area contributed by atoms with Crippen LogP contribution in [0.25, 0.3) is 28.0 Å². The standard InChI is InChI=1S/C14H11N.2ClH/c1-2-15-13-9-5-3-7-11(13)12-8-4-6-10-14(12)15;;/h2-10H,1H2;2*1H. The van der Waals surface area contributed by atoms with E-state index < -0.39 is 0 Å². The van der Waals surface area contributed by atoms with Gasteiger partial charge in [0.25, 0.3) is 0 Å². The Morgan fingerprint density at radius 2 is 1.18 bits per heavy atom. The molecule has 0 bridgehead atoms. The highest BCUT2D eigenvalue weighted by molar-refractivity contribution is 6.09. The molecule has 0 spiro atoms. The molecule has 1 aromatic heterocycles. The van der Waals surface area contributed by atoms with Crippen molar-refractivity contribution in [2.24, 2.45) is 0 Å². The molecule has 0 N–H and O–H groups in total. The molecular formula is C14H13Cl2N. The first-order valence-corrected chi connectivity index (χ1v) is 5.02. The van der Waals surface area contributed by atoms with Crippen molar-refractivity contribution in [2.45, 2.75) is 0 Å². The van der Waals surface area contributed by atoms with Gasteiger partial charge in [-0.05, 0) is 12.1 Å². The molecule has 3 rings (SSSR count). The maximum absolute atomic E-state index is 3.87. The first kappa shape index (κ1) is 13.6. The van der Waals surface area contributed by atoms with Crippen LogP contribution in [0.15, 0.2) is 55.1 Å². The molecule has 0 fully saturated rings. The van der Waals surface area contributed by atoms with E-state index in [1.807, 2.05) is 6.20 Å². The minimum Gasteiger partial charge on any atom is -0.317 e. The Morgan fingerprint density at radius 3 is 1.59 bits per heavy atom. The molecule has 88 valence electrons. The van der Waals surface area contributed by atoms with E-state index in [0.717, 1.165) is 0 Å². The predicted octanol–water partition coefficient (Wildman–Crippen LogP) is 4.74. The fraction of sp³-hybridized carbons (Fsp3) is 0. The summed E-state index contributed by atoms with van der Waals surface area (Å²) in [6.07, 6.45) is 1.87. The second-order valence-corrected chi connectivity index (χ2v) is 3.59. The predicted molar refractivity (Wildman–Crippen MR) is 80.3 cm³/mol. The van der Waals surface area contributed by atoms with Crippen LogP contribution in [0.5, 0.6) is 0 Å². The number of hydrogen-bond acceptors (Lipinski definition) is 0. The minimum atomic E-state index is 0. The summed E-state index contributed by atoms with van der Waals surface area (Å²) in [6.45, 7) is 3.87. The molecule has 0 radical (unpaired) electrons. The Morgan fingerprint density at radius 1 is 0.765 bits per heavy atom. The van der Waals surface area contributed by atoms with E-state index in [0.29, 0.717) is 0 Å². The molecular weight excluding hydrogens is 253 g/mol. The summed E-state index contributed by atoms with van der Waals surface area (Å²) in [5, 5.41) is 2.57. The zero-order chi connectivity index (χ0) is 10.3. The van der Waals surface area contributed by atoms with Crippen molar-refractivity contribution in [3.63, 3.8) is 0 Å². The third-order valence-electron chi connectivity index (χ3n) is 2.80. The molecule has 3 aromatic rings. The number of hydrogen-bond donors (Lipinski definition) is 0. The van der Waals surface area contributed by atoms with Crippen LogP contribution < -0.4 is 0 Å². The molecule has 0 aliphatic heterocycles. The van der Waals surface area contributed by atoms with Crippen molar-refractivity contribution in [1.82, 2.24) is 4.57 Å². The zero-order valence-corrected chi connectivity index (χ0v) is 10.8. The second kappa shape index (κ2) is 5.26. The van der Waals surface area contributed by atoms with E-state index in [-0.39, 0.29) is 24.8 Å². The highest BCUT2D eigenvalue weighted by atomic mass is 35.5. The molecule has 0 aliphatic rings. The number of aromatic nitrogens is 1. The van der Waals surface area contributed by atoms with Crippen LogP contribution in [0.4, 0.5) is 0 Å². The van der Waals surface area contributed by atoms with Crippen LogP contribution in [0.3, 0.4) is 0 Å². The van der Waals surface area contributed by atoms with Crippen LogP contribution in [0.1, 0.15) is 0 Å². The molecule has 17 heavy (non-hydrogen) atoms. The highest BCUT2D eigenvalue weighted by Gasteiger charge is 2.06. The molecule has 1 nitrogen and oxygen atoms in total. The SMILES string of the molecule is C=Cn1c2ccccc2c2ccccc21.Cl.Cl. The van der Waals surface area contributed by atoms with Crippen LogP contribution >= 0.6 is 24.8 Å². The summed E-state index contributed by atoms with van der Waals surface area (Å²) in [4.78, 5) is 0. The Bertz CT molecular complexity index is 602. The molecule has 0 saturated heterocycles. The molecule has 2 aromatic carbocycles. The van der Waals surface area contributed by atoms with Gasteiger partial charge in [0.15, 0.2) is 0 Å². The van der Waals surface area contributed by atoms with Gasteiger partial charge in [0.05, 0.1) is 11.0 Å². The summed E-state index contributed by atoms with van der Waals surface area (Å²) < 4.78 is 2.13. The van der Waals surface area contributed by atoms with E-state index in [9.17, 15) is 0 Å². The Hall–Kier alpha value is -1.44. The van der Waals surface area contributed by atoms with Crippen LogP contribution in [0, 0.1) is 0 Å². The van der Waals surface area contributed by atoms with Gasteiger partial charge in [-0.2, -0.15) is 0 Å². The van der Waals surface area contributed by atoms with E-state index in [2.05, 4.69) is 59.7 Å². The first-order valence-electron chi connectivity index (χ1n) is 5.02. The number of fused-ring (bicyclic) bond motifs is 3. The first-order chi connectivity index (χ1) is 7.42. The Labute approximate surface area is 113 Å². The van der Waals surface area contributed by atoms with Gasteiger partial charge in [0.2, 0.25) is 0 Å². The third-order valence-corrected chi connectivity index (χ3v) is 2.80. The number of rotatable bonds is 1. The van der Waals surface area contributed by atoms with Gasteiger partial charge in [0, 0.05) is 17.0 Å². The molecule has 0 saturated carbocycles. The van der Waals surface area contributed by atoms with Gasteiger partial charge in [-0.15, -0.1) is 24.8 Å². The smallest absolute Gasteiger partial charge is 0.0534 e. The van der Waals surface area contributed by atoms with E-state index >= 15 is 0 Å². The summed E-state index contributed by atoms with van der Waals surface area (Å²) in [5.41, 5.74) is 2.43. The van der Waals surface area contributed by atoms with E-state index in [1.54, 1.807) is 0 Å². The van der Waals surface area contributed by atoms with Crippen LogP contribution in [0.2, 0.25) is 0 Å². The van der Waals surface area contributed by atoms with Crippen molar-refractivity contribution in [3.8, 4) is 0 Å². The second-order valence-electron chi connectivity index (χ2n) is 3.59. The monoisotopic (exact) mass is 265 g/mol. The molecule has 1 heterocycles. The van der Waals surface area contributed by atoms with E-state index in [4.69, 9.17) is 0 Å². The lowest BCUT2D eigenvalue weighted by atomic mass is 10.2. The van der Waals surface area contributed by atoms with Crippen molar-refractivity contribution >= 4 is 52.8 Å². The largest absolute Gasteiger partial charge is 0.317 e. The van der Waals surface area contributed by atoms with Crippen molar-refractivity contribution in [1.29, 1.82) is 0 Å². The summed E-state index contributed by atoms with van der Waals surface area (Å²) >= 11 is 0. The van der Waals surface area contributed by atoms with Crippen molar-refractivity contribution in [2.75, 3.05) is 0 Å². The zero-order valence-electron chi connectivity index (χ0n) is 9.17. The normalized spacial score (nSPS) is 9.65. The van der Waals surface area contributed by atoms with Gasteiger partial charge in [-0.25, -0.2) is 0 Å². The van der Waals surface area contributed by atoms with Gasteiger partial charge >= 0.3 is 0 Å². The molecule has 0 aliphatic carbocycles. The fourth-order valence-corrected chi connectivity index (χ4v) is 2.15. The third kappa shape index (κ3) is 1.92. The van der Waals surface area contributed by atoms with Gasteiger partial charge in [-0.3, -0.25) is 0 Å². The van der Waals surface area contributed by atoms with E-state index in [1.165, 1.54) is 21.8 Å². The van der Waals surface area contributed by atoms with Crippen LogP contribution in [-0.2, 0) is 0 Å². The number of para-hydroxylation sites is 2. The average molecular weight is 266 g/mol. The van der Waals surface area contributed by atoms with Crippen LogP contribution in [-0.4, -0.2) is 4.57 Å². The Kier molecular flexibility index (Phi) is 4.22. The fourth-order valence-electron chi connectivity index (χ4n) is 2.15. The quantitative estimate of drug-likeness (QED) is 0.599.